The summed E-state index contributed by atoms with van der Waals surface area (Å²) in [7, 11) is -4.23. The molecule has 12 heteroatoms. The molecule has 0 aromatic heterocycles. The maximum atomic E-state index is 14.0. The van der Waals surface area contributed by atoms with Crippen molar-refractivity contribution in [3.05, 3.63) is 109 Å². The Hall–Kier alpha value is -4.57. The molecule has 4 amide bonds. The first-order valence-electron chi connectivity index (χ1n) is 17.3. The number of nitrogens with two attached hydrogens (primary N) is 1. The lowest BCUT2D eigenvalue weighted by Crippen LogP contribution is -2.63. The first-order valence-corrected chi connectivity index (χ1v) is 19.1. The highest BCUT2D eigenvalue weighted by atomic mass is 31.2. The van der Waals surface area contributed by atoms with Crippen molar-refractivity contribution < 1.29 is 33.5 Å². The Morgan fingerprint density at radius 3 is 2.25 bits per heavy atom. The molecule has 0 heterocycles. The fourth-order valence-corrected chi connectivity index (χ4v) is 7.54. The van der Waals surface area contributed by atoms with Crippen LogP contribution in [-0.4, -0.2) is 51.5 Å². The van der Waals surface area contributed by atoms with Gasteiger partial charge in [0.05, 0.1) is 12.6 Å². The van der Waals surface area contributed by atoms with E-state index in [9.17, 15) is 33.5 Å². The zero-order valence-electron chi connectivity index (χ0n) is 28.9. The van der Waals surface area contributed by atoms with Crippen molar-refractivity contribution in [3.63, 3.8) is 0 Å². The van der Waals surface area contributed by atoms with Crippen molar-refractivity contribution in [2.45, 2.75) is 81.4 Å². The number of allylic oxidation sites excluding steroid dienone is 2. The van der Waals surface area contributed by atoms with E-state index in [0.29, 0.717) is 44.1 Å². The van der Waals surface area contributed by atoms with Gasteiger partial charge in [-0.3, -0.25) is 23.7 Å². The van der Waals surface area contributed by atoms with E-state index in [2.05, 4.69) is 53.4 Å². The molecular weight excluding hydrogens is 667 g/mol. The number of benzene rings is 3. The van der Waals surface area contributed by atoms with Crippen molar-refractivity contribution in [1.29, 1.82) is 0 Å². The van der Waals surface area contributed by atoms with Gasteiger partial charge in [0.15, 0.2) is 0 Å². The Balaban J connectivity index is 1.43. The predicted octanol–water partition coefficient (Wildman–Crippen LogP) is 4.91. The van der Waals surface area contributed by atoms with E-state index < -0.39 is 55.1 Å². The van der Waals surface area contributed by atoms with Crippen molar-refractivity contribution in [2.75, 3.05) is 6.54 Å². The summed E-state index contributed by atoms with van der Waals surface area (Å²) in [4.78, 5) is 71.6. The van der Waals surface area contributed by atoms with Crippen LogP contribution >= 0.6 is 7.60 Å². The lowest BCUT2D eigenvalue weighted by molar-refractivity contribution is -0.138. The first-order chi connectivity index (χ1) is 24.3. The minimum absolute atomic E-state index is 0.00579. The molecular formula is C39H49N4O7P. The third kappa shape index (κ3) is 11.5. The fraction of sp³-hybridized carbons (Fsp3) is 0.385. The Kier molecular flexibility index (Phi) is 13.9. The van der Waals surface area contributed by atoms with Crippen LogP contribution in [0.15, 0.2) is 92.0 Å². The highest BCUT2D eigenvalue weighted by molar-refractivity contribution is 7.50. The number of hydrogen-bond donors (Lipinski definition) is 6. The SMILES string of the molecule is C=CC[C@H](CNC(=O)[C@H](CC(N)=O)NC(=O)C1(NC(=O)C[C@H](C=C)c2ccc(CP(=O)(O)O)cc2)CCCCC1)Cc1cccc2ccccc12. The molecule has 1 aliphatic rings. The van der Waals surface area contributed by atoms with Crippen LogP contribution < -0.4 is 21.7 Å². The number of hydrogen-bond acceptors (Lipinski definition) is 5. The Labute approximate surface area is 299 Å². The zero-order valence-corrected chi connectivity index (χ0v) is 29.8. The van der Waals surface area contributed by atoms with Gasteiger partial charge in [-0.2, -0.15) is 0 Å². The second-order valence-corrected chi connectivity index (χ2v) is 15.1. The van der Waals surface area contributed by atoms with Crippen molar-refractivity contribution >= 4 is 42.0 Å². The van der Waals surface area contributed by atoms with E-state index in [1.807, 2.05) is 18.2 Å². The number of fused-ring (bicyclic) bond motifs is 1. The van der Waals surface area contributed by atoms with Crippen LogP contribution in [0, 0.1) is 5.92 Å². The molecule has 0 saturated heterocycles. The molecule has 0 spiro atoms. The van der Waals surface area contributed by atoms with Gasteiger partial charge < -0.3 is 31.5 Å². The predicted molar refractivity (Wildman–Crippen MR) is 198 cm³/mol. The average molecular weight is 717 g/mol. The summed E-state index contributed by atoms with van der Waals surface area (Å²) < 4.78 is 11.4. The molecule has 7 N–H and O–H groups in total. The van der Waals surface area contributed by atoms with Crippen LogP contribution in [0.4, 0.5) is 0 Å². The first kappa shape index (κ1) is 39.2. The summed E-state index contributed by atoms with van der Waals surface area (Å²) in [5, 5.41) is 10.9. The summed E-state index contributed by atoms with van der Waals surface area (Å²) in [5.41, 5.74) is 6.57. The zero-order chi connectivity index (χ0) is 37.0. The molecule has 51 heavy (non-hydrogen) atoms. The molecule has 11 nitrogen and oxygen atoms in total. The van der Waals surface area contributed by atoms with Gasteiger partial charge in [-0.15, -0.1) is 13.2 Å². The second-order valence-electron chi connectivity index (χ2n) is 13.5. The molecule has 3 aromatic carbocycles. The standard InChI is InChI=1S/C39H49N4O7P/c1-3-11-28(22-32-14-10-13-31-12-6-7-15-33(31)32)25-41-37(46)34(24-35(40)44)42-38(47)39(20-8-5-9-21-39)43-36(45)23-29(4-2)30-18-16-27(17-19-30)26-51(48,49)50/h3-4,6-7,10,12-19,28-29,34H,1-2,5,8-9,11,20-26H2,(H2,40,44)(H,41,46)(H,42,47)(H,43,45)(H2,48,49,50)/t28-,29-,34-/m0/s1. The molecule has 1 aliphatic carbocycles. The number of carbonyl (C=O) groups excluding carboxylic acids is 4. The van der Waals surface area contributed by atoms with E-state index >= 15 is 0 Å². The van der Waals surface area contributed by atoms with Crippen LogP contribution in [0.3, 0.4) is 0 Å². The van der Waals surface area contributed by atoms with Crippen LogP contribution in [0.5, 0.6) is 0 Å². The molecule has 3 aromatic rings. The van der Waals surface area contributed by atoms with Crippen LogP contribution in [0.25, 0.3) is 10.8 Å². The lowest BCUT2D eigenvalue weighted by atomic mass is 9.80. The van der Waals surface area contributed by atoms with Gasteiger partial charge in [0.25, 0.3) is 0 Å². The van der Waals surface area contributed by atoms with E-state index in [-0.39, 0.29) is 25.0 Å². The lowest BCUT2D eigenvalue weighted by Gasteiger charge is -2.38. The van der Waals surface area contributed by atoms with E-state index in [0.717, 1.165) is 28.3 Å². The molecule has 272 valence electrons. The molecule has 4 rings (SSSR count). The summed E-state index contributed by atoms with van der Waals surface area (Å²) in [6, 6.07) is 19.6. The summed E-state index contributed by atoms with van der Waals surface area (Å²) in [6.07, 6.45) is 6.87. The normalized spacial score (nSPS) is 15.9. The molecule has 0 radical (unpaired) electrons. The Morgan fingerprint density at radius 2 is 1.61 bits per heavy atom. The third-order valence-corrected chi connectivity index (χ3v) is 10.3. The van der Waals surface area contributed by atoms with Gasteiger partial charge >= 0.3 is 7.60 Å². The summed E-state index contributed by atoms with van der Waals surface area (Å²) >= 11 is 0. The maximum Gasteiger partial charge on any atom is 0.329 e. The monoisotopic (exact) mass is 716 g/mol. The molecule has 3 atom stereocenters. The van der Waals surface area contributed by atoms with Crippen molar-refractivity contribution in [2.24, 2.45) is 11.7 Å². The quantitative estimate of drug-likeness (QED) is 0.0797. The fourth-order valence-electron chi connectivity index (χ4n) is 6.86. The number of rotatable bonds is 18. The molecule has 0 bridgehead atoms. The summed E-state index contributed by atoms with van der Waals surface area (Å²) in [5.74, 6) is -2.66. The third-order valence-electron chi connectivity index (χ3n) is 9.49. The highest BCUT2D eigenvalue weighted by Crippen LogP contribution is 2.39. The van der Waals surface area contributed by atoms with Gasteiger partial charge in [0.2, 0.25) is 23.6 Å². The smallest absolute Gasteiger partial charge is 0.329 e. The van der Waals surface area contributed by atoms with E-state index in [1.165, 1.54) is 0 Å². The molecule has 0 unspecified atom stereocenters. The summed E-state index contributed by atoms with van der Waals surface area (Å²) in [6.45, 7) is 8.03. The van der Waals surface area contributed by atoms with Gasteiger partial charge in [0.1, 0.15) is 11.6 Å². The topological polar surface area (TPSA) is 188 Å². The second kappa shape index (κ2) is 18.1. The highest BCUT2D eigenvalue weighted by Gasteiger charge is 2.42. The Bertz CT molecular complexity index is 1760. The van der Waals surface area contributed by atoms with E-state index in [4.69, 9.17) is 5.73 Å². The molecule has 0 aliphatic heterocycles. The molecule has 1 saturated carbocycles. The average Bonchev–Trinajstić information content (AvgIpc) is 3.09. The number of amides is 4. The van der Waals surface area contributed by atoms with Gasteiger partial charge in [-0.1, -0.05) is 98.1 Å². The minimum Gasteiger partial charge on any atom is -0.370 e. The number of carbonyl (C=O) groups is 4. The number of primary amides is 1. The van der Waals surface area contributed by atoms with Gasteiger partial charge in [0, 0.05) is 18.9 Å². The largest absolute Gasteiger partial charge is 0.370 e. The van der Waals surface area contributed by atoms with E-state index in [1.54, 1.807) is 36.4 Å². The van der Waals surface area contributed by atoms with Gasteiger partial charge in [-0.05, 0) is 59.1 Å². The van der Waals surface area contributed by atoms with Crippen molar-refractivity contribution in [3.8, 4) is 0 Å². The molecule has 1 fully saturated rings. The minimum atomic E-state index is -4.23. The number of nitrogens with one attached hydrogen (secondary N) is 3. The van der Waals surface area contributed by atoms with Crippen LogP contribution in [0.2, 0.25) is 0 Å². The van der Waals surface area contributed by atoms with Crippen LogP contribution in [0.1, 0.15) is 74.0 Å². The van der Waals surface area contributed by atoms with Gasteiger partial charge in [-0.25, -0.2) is 0 Å². The van der Waals surface area contributed by atoms with Crippen molar-refractivity contribution in [1.82, 2.24) is 16.0 Å². The van der Waals surface area contributed by atoms with Crippen LogP contribution in [-0.2, 0) is 36.3 Å². The Morgan fingerprint density at radius 1 is 0.922 bits per heavy atom. The maximum absolute atomic E-state index is 14.0.